The summed E-state index contributed by atoms with van der Waals surface area (Å²) in [6.45, 7) is 4.16. The average Bonchev–Trinajstić information content (AvgIpc) is 3.30. The molecule has 1 atom stereocenters. The Kier molecular flexibility index (Phi) is 5.36. The van der Waals surface area contributed by atoms with Crippen molar-refractivity contribution in [1.82, 2.24) is 9.80 Å². The Balaban J connectivity index is 1.42. The van der Waals surface area contributed by atoms with Gasteiger partial charge in [-0.15, -0.1) is 11.3 Å². The first kappa shape index (κ1) is 17.7. The summed E-state index contributed by atoms with van der Waals surface area (Å²) in [5, 5.41) is 0. The third kappa shape index (κ3) is 3.84. The van der Waals surface area contributed by atoms with Gasteiger partial charge in [0.1, 0.15) is 5.82 Å². The molecule has 3 nitrogen and oxygen atoms in total. The van der Waals surface area contributed by atoms with E-state index in [0.29, 0.717) is 6.04 Å². The van der Waals surface area contributed by atoms with E-state index in [1.807, 2.05) is 17.0 Å². The third-order valence-corrected chi connectivity index (χ3v) is 6.71. The van der Waals surface area contributed by atoms with E-state index in [1.54, 1.807) is 12.1 Å². The Morgan fingerprint density at radius 2 is 1.69 bits per heavy atom. The highest BCUT2D eigenvalue weighted by Crippen LogP contribution is 2.30. The largest absolute Gasteiger partial charge is 0.338 e. The van der Waals surface area contributed by atoms with Crippen LogP contribution in [0.15, 0.2) is 36.4 Å². The van der Waals surface area contributed by atoms with E-state index in [0.717, 1.165) is 41.2 Å². The Bertz CT molecular complexity index is 752. The smallest absolute Gasteiger partial charge is 0.263 e. The Hall–Kier alpha value is -1.72. The molecule has 4 rings (SSSR count). The number of carbonyl (C=O) groups is 1. The van der Waals surface area contributed by atoms with Crippen LogP contribution < -0.4 is 0 Å². The molecule has 1 unspecified atom stereocenters. The number of rotatable bonds is 3. The fourth-order valence-electron chi connectivity index (χ4n) is 4.13. The Morgan fingerprint density at radius 1 is 0.923 bits per heavy atom. The van der Waals surface area contributed by atoms with Gasteiger partial charge in [-0.1, -0.05) is 12.1 Å². The summed E-state index contributed by atoms with van der Waals surface area (Å²) < 4.78 is 13.1. The number of carbonyl (C=O) groups excluding carboxylic acids is 1. The van der Waals surface area contributed by atoms with E-state index in [4.69, 9.17) is 0 Å². The van der Waals surface area contributed by atoms with Crippen LogP contribution in [0.25, 0.3) is 10.4 Å². The van der Waals surface area contributed by atoms with Gasteiger partial charge in [0, 0.05) is 24.0 Å². The summed E-state index contributed by atoms with van der Waals surface area (Å²) in [5.74, 6) is -0.0934. The van der Waals surface area contributed by atoms with E-state index < -0.39 is 0 Å². The molecule has 2 aliphatic heterocycles. The van der Waals surface area contributed by atoms with E-state index in [-0.39, 0.29) is 11.7 Å². The molecule has 0 aliphatic carbocycles. The minimum absolute atomic E-state index is 0.144. The topological polar surface area (TPSA) is 23.6 Å². The molecule has 2 aromatic rings. The third-order valence-electron chi connectivity index (χ3n) is 5.59. The zero-order valence-corrected chi connectivity index (χ0v) is 15.8. The van der Waals surface area contributed by atoms with Crippen molar-refractivity contribution in [3.8, 4) is 10.4 Å². The fraction of sp³-hybridized carbons (Fsp3) is 0.476. The maximum atomic E-state index is 13.1. The lowest BCUT2D eigenvalue weighted by molar-refractivity contribution is 0.0762. The van der Waals surface area contributed by atoms with E-state index in [1.165, 1.54) is 55.8 Å². The second kappa shape index (κ2) is 7.89. The maximum absolute atomic E-state index is 13.1. The van der Waals surface area contributed by atoms with Gasteiger partial charge in [-0.25, -0.2) is 4.39 Å². The van der Waals surface area contributed by atoms with Crippen molar-refractivity contribution in [3.05, 3.63) is 47.1 Å². The molecular weight excluding hydrogens is 347 g/mol. The molecule has 26 heavy (non-hydrogen) atoms. The van der Waals surface area contributed by atoms with Gasteiger partial charge in [0.2, 0.25) is 0 Å². The quantitative estimate of drug-likeness (QED) is 0.783. The average molecular weight is 373 g/mol. The minimum Gasteiger partial charge on any atom is -0.338 e. The summed E-state index contributed by atoms with van der Waals surface area (Å²) in [6.07, 6.45) is 6.01. The molecule has 138 valence electrons. The lowest BCUT2D eigenvalue weighted by Crippen LogP contribution is -2.35. The van der Waals surface area contributed by atoms with Crippen molar-refractivity contribution in [2.24, 2.45) is 0 Å². The van der Waals surface area contributed by atoms with Crippen LogP contribution in [0, 0.1) is 5.82 Å². The van der Waals surface area contributed by atoms with Crippen molar-refractivity contribution >= 4 is 17.2 Å². The first-order chi connectivity index (χ1) is 12.7. The van der Waals surface area contributed by atoms with E-state index in [2.05, 4.69) is 4.90 Å². The summed E-state index contributed by atoms with van der Waals surface area (Å²) >= 11 is 1.50. The Morgan fingerprint density at radius 3 is 2.46 bits per heavy atom. The molecular formula is C21H25FN2OS. The van der Waals surface area contributed by atoms with Gasteiger partial charge in [0.25, 0.3) is 5.91 Å². The molecule has 1 amide bonds. The van der Waals surface area contributed by atoms with Crippen LogP contribution >= 0.6 is 11.3 Å². The number of hydrogen-bond acceptors (Lipinski definition) is 3. The van der Waals surface area contributed by atoms with Crippen LogP contribution in [0.1, 0.15) is 41.8 Å². The summed E-state index contributed by atoms with van der Waals surface area (Å²) in [7, 11) is 0. The normalized spacial score (nSPS) is 21.7. The van der Waals surface area contributed by atoms with Crippen LogP contribution in [0.4, 0.5) is 4.39 Å². The van der Waals surface area contributed by atoms with Gasteiger partial charge < -0.3 is 9.80 Å². The molecule has 2 fully saturated rings. The number of amides is 1. The summed E-state index contributed by atoms with van der Waals surface area (Å²) in [5.41, 5.74) is 0.959. The van der Waals surface area contributed by atoms with Gasteiger partial charge in [0.15, 0.2) is 0 Å². The minimum atomic E-state index is -0.237. The second-order valence-electron chi connectivity index (χ2n) is 7.29. The predicted octanol–water partition coefficient (Wildman–Crippen LogP) is 4.64. The SMILES string of the molecule is O=C(c1ccc(-c2ccc(F)cc2)s1)N1CCCC(N2CCCC2)CC1. The zero-order valence-electron chi connectivity index (χ0n) is 15.0. The maximum Gasteiger partial charge on any atom is 0.263 e. The molecule has 3 heterocycles. The van der Waals surface area contributed by atoms with Gasteiger partial charge in [-0.2, -0.15) is 0 Å². The van der Waals surface area contributed by atoms with Gasteiger partial charge in [0.05, 0.1) is 4.88 Å². The lowest BCUT2D eigenvalue weighted by Gasteiger charge is -2.26. The van der Waals surface area contributed by atoms with Gasteiger partial charge in [-0.05, 0) is 75.0 Å². The Labute approximate surface area is 158 Å². The number of thiophene rings is 1. The summed E-state index contributed by atoms with van der Waals surface area (Å²) in [6, 6.07) is 11.0. The molecule has 5 heteroatoms. The van der Waals surface area contributed by atoms with Crippen molar-refractivity contribution in [2.75, 3.05) is 26.2 Å². The number of hydrogen-bond donors (Lipinski definition) is 0. The molecule has 0 radical (unpaired) electrons. The van der Waals surface area contributed by atoms with Crippen LogP contribution in [0.2, 0.25) is 0 Å². The first-order valence-electron chi connectivity index (χ1n) is 9.60. The lowest BCUT2D eigenvalue weighted by atomic mass is 10.1. The van der Waals surface area contributed by atoms with Crippen LogP contribution in [0.5, 0.6) is 0 Å². The predicted molar refractivity (Wildman–Crippen MR) is 104 cm³/mol. The molecule has 2 saturated heterocycles. The van der Waals surface area contributed by atoms with Crippen LogP contribution in [0.3, 0.4) is 0 Å². The van der Waals surface area contributed by atoms with Crippen molar-refractivity contribution < 1.29 is 9.18 Å². The number of nitrogens with zero attached hydrogens (tertiary/aromatic N) is 2. The van der Waals surface area contributed by atoms with Crippen LogP contribution in [-0.4, -0.2) is 47.9 Å². The molecule has 1 aromatic carbocycles. The van der Waals surface area contributed by atoms with E-state index >= 15 is 0 Å². The molecule has 0 saturated carbocycles. The van der Waals surface area contributed by atoms with Crippen molar-refractivity contribution in [1.29, 1.82) is 0 Å². The monoisotopic (exact) mass is 372 g/mol. The zero-order chi connectivity index (χ0) is 17.9. The molecule has 0 N–H and O–H groups in total. The highest BCUT2D eigenvalue weighted by molar-refractivity contribution is 7.17. The van der Waals surface area contributed by atoms with Gasteiger partial charge >= 0.3 is 0 Å². The highest BCUT2D eigenvalue weighted by Gasteiger charge is 2.27. The van der Waals surface area contributed by atoms with Crippen molar-refractivity contribution in [2.45, 2.75) is 38.1 Å². The van der Waals surface area contributed by atoms with E-state index in [9.17, 15) is 9.18 Å². The molecule has 0 bridgehead atoms. The first-order valence-corrected chi connectivity index (χ1v) is 10.4. The standard InChI is InChI=1S/C21H25FN2OS/c22-17-7-5-16(6-8-17)19-9-10-20(26-19)21(25)24-14-3-4-18(11-15-24)23-12-1-2-13-23/h5-10,18H,1-4,11-15H2. The molecule has 0 spiro atoms. The van der Waals surface area contributed by atoms with Gasteiger partial charge in [-0.3, -0.25) is 4.79 Å². The molecule has 2 aliphatic rings. The fourth-order valence-corrected chi connectivity index (χ4v) is 5.11. The highest BCUT2D eigenvalue weighted by atomic mass is 32.1. The number of halogens is 1. The van der Waals surface area contributed by atoms with Crippen molar-refractivity contribution in [3.63, 3.8) is 0 Å². The second-order valence-corrected chi connectivity index (χ2v) is 8.37. The molecule has 1 aromatic heterocycles. The number of benzene rings is 1. The van der Waals surface area contributed by atoms with Crippen LogP contribution in [-0.2, 0) is 0 Å². The summed E-state index contributed by atoms with van der Waals surface area (Å²) in [4.78, 5) is 19.4. The number of likely N-dealkylation sites (tertiary alicyclic amines) is 2.